The molecule has 0 amide bonds. The van der Waals surface area contributed by atoms with Crippen molar-refractivity contribution in [3.63, 3.8) is 0 Å². The molecule has 5 heteroatoms. The first kappa shape index (κ1) is 15.1. The van der Waals surface area contributed by atoms with Gasteiger partial charge in [0.15, 0.2) is 0 Å². The molecular formula is C17H22N4S. The highest BCUT2D eigenvalue weighted by Crippen LogP contribution is 2.23. The molecular weight excluding hydrogens is 292 g/mol. The summed E-state index contributed by atoms with van der Waals surface area (Å²) >= 11 is 1.68. The van der Waals surface area contributed by atoms with Crippen molar-refractivity contribution < 1.29 is 0 Å². The van der Waals surface area contributed by atoms with Crippen LogP contribution in [0.3, 0.4) is 0 Å². The Kier molecular flexibility index (Phi) is 4.75. The molecule has 116 valence electrons. The number of likely N-dealkylation sites (N-methyl/N-ethyl adjacent to an activating group) is 1. The second-order valence-corrected chi connectivity index (χ2v) is 6.59. The molecule has 1 aliphatic heterocycles. The average molecular weight is 314 g/mol. The largest absolute Gasteiger partial charge is 0.368 e. The van der Waals surface area contributed by atoms with Crippen LogP contribution in [0.4, 0.5) is 0 Å². The first-order chi connectivity index (χ1) is 10.7. The normalized spacial score (nSPS) is 18.3. The standard InChI is InChI=1S/C17H22N4S/c1-13(19-15-8-9-21(2)11-15)18-10-16-12-22-17(20-16)14-6-4-3-5-7-14/h3-7,12,15,18-19H,1,8-11H2,2H3. The molecule has 1 fully saturated rings. The Hall–Kier alpha value is -1.85. The zero-order valence-electron chi connectivity index (χ0n) is 12.9. The van der Waals surface area contributed by atoms with Crippen LogP contribution in [0.2, 0.25) is 0 Å². The number of rotatable bonds is 6. The summed E-state index contributed by atoms with van der Waals surface area (Å²) in [5, 5.41) is 9.94. The second kappa shape index (κ2) is 6.94. The van der Waals surface area contributed by atoms with Gasteiger partial charge in [0, 0.05) is 23.5 Å². The molecule has 1 unspecified atom stereocenters. The fourth-order valence-corrected chi connectivity index (χ4v) is 3.47. The summed E-state index contributed by atoms with van der Waals surface area (Å²) in [4.78, 5) is 7.01. The maximum atomic E-state index is 4.68. The zero-order chi connectivity index (χ0) is 15.4. The Labute approximate surface area is 135 Å². The van der Waals surface area contributed by atoms with Crippen molar-refractivity contribution in [2.45, 2.75) is 19.0 Å². The van der Waals surface area contributed by atoms with Gasteiger partial charge in [0.25, 0.3) is 0 Å². The van der Waals surface area contributed by atoms with Crippen molar-refractivity contribution in [2.24, 2.45) is 0 Å². The Bertz CT molecular complexity index is 623. The maximum Gasteiger partial charge on any atom is 0.123 e. The molecule has 1 aromatic heterocycles. The van der Waals surface area contributed by atoms with Gasteiger partial charge in [-0.05, 0) is 20.0 Å². The zero-order valence-corrected chi connectivity index (χ0v) is 13.7. The molecule has 1 aliphatic rings. The van der Waals surface area contributed by atoms with Crippen LogP contribution in [-0.2, 0) is 6.54 Å². The van der Waals surface area contributed by atoms with Crippen molar-refractivity contribution in [1.82, 2.24) is 20.5 Å². The van der Waals surface area contributed by atoms with E-state index < -0.39 is 0 Å². The number of thiazole rings is 1. The summed E-state index contributed by atoms with van der Waals surface area (Å²) in [5.74, 6) is 0.884. The van der Waals surface area contributed by atoms with Gasteiger partial charge in [-0.3, -0.25) is 0 Å². The van der Waals surface area contributed by atoms with Gasteiger partial charge >= 0.3 is 0 Å². The van der Waals surface area contributed by atoms with E-state index in [1.54, 1.807) is 11.3 Å². The fraction of sp³-hybridized carbons (Fsp3) is 0.353. The summed E-state index contributed by atoms with van der Waals surface area (Å²) in [6.07, 6.45) is 1.17. The smallest absolute Gasteiger partial charge is 0.123 e. The third kappa shape index (κ3) is 3.87. The van der Waals surface area contributed by atoms with E-state index in [1.807, 2.05) is 18.2 Å². The van der Waals surface area contributed by atoms with Crippen molar-refractivity contribution in [3.05, 3.63) is 53.8 Å². The Morgan fingerprint density at radius 3 is 2.95 bits per heavy atom. The number of hydrogen-bond donors (Lipinski definition) is 2. The quantitative estimate of drug-likeness (QED) is 0.860. The van der Waals surface area contributed by atoms with Crippen molar-refractivity contribution in [2.75, 3.05) is 20.1 Å². The minimum absolute atomic E-state index is 0.500. The molecule has 22 heavy (non-hydrogen) atoms. The minimum atomic E-state index is 0.500. The van der Waals surface area contributed by atoms with Crippen LogP contribution in [0, 0.1) is 0 Å². The van der Waals surface area contributed by atoms with Gasteiger partial charge in [0.05, 0.1) is 18.1 Å². The number of likely N-dealkylation sites (tertiary alicyclic amines) is 1. The van der Waals surface area contributed by atoms with Crippen LogP contribution in [0.1, 0.15) is 12.1 Å². The predicted molar refractivity (Wildman–Crippen MR) is 92.6 cm³/mol. The van der Waals surface area contributed by atoms with Gasteiger partial charge < -0.3 is 15.5 Å². The molecule has 1 saturated heterocycles. The molecule has 0 radical (unpaired) electrons. The lowest BCUT2D eigenvalue weighted by atomic mass is 10.2. The van der Waals surface area contributed by atoms with Crippen LogP contribution < -0.4 is 10.6 Å². The molecule has 2 heterocycles. The van der Waals surface area contributed by atoms with E-state index in [2.05, 4.69) is 51.7 Å². The van der Waals surface area contributed by atoms with E-state index in [4.69, 9.17) is 0 Å². The lowest BCUT2D eigenvalue weighted by Crippen LogP contribution is -2.35. The Balaban J connectivity index is 1.50. The third-order valence-corrected chi connectivity index (χ3v) is 4.77. The van der Waals surface area contributed by atoms with E-state index in [9.17, 15) is 0 Å². The number of benzene rings is 1. The van der Waals surface area contributed by atoms with Crippen LogP contribution in [0.15, 0.2) is 48.1 Å². The summed E-state index contributed by atoms with van der Waals surface area (Å²) in [6, 6.07) is 10.8. The number of nitrogens with one attached hydrogen (secondary N) is 2. The Morgan fingerprint density at radius 1 is 1.41 bits per heavy atom. The molecule has 0 bridgehead atoms. The highest BCUT2D eigenvalue weighted by Gasteiger charge is 2.19. The van der Waals surface area contributed by atoms with Gasteiger partial charge in [0.1, 0.15) is 5.01 Å². The number of hydrogen-bond acceptors (Lipinski definition) is 5. The van der Waals surface area contributed by atoms with E-state index >= 15 is 0 Å². The van der Waals surface area contributed by atoms with Gasteiger partial charge in [-0.1, -0.05) is 36.9 Å². The molecule has 2 N–H and O–H groups in total. The number of aromatic nitrogens is 1. The molecule has 1 atom stereocenters. The fourth-order valence-electron chi connectivity index (χ4n) is 2.65. The monoisotopic (exact) mass is 314 g/mol. The van der Waals surface area contributed by atoms with E-state index in [1.165, 1.54) is 12.0 Å². The predicted octanol–water partition coefficient (Wildman–Crippen LogP) is 2.66. The molecule has 0 aliphatic carbocycles. The summed E-state index contributed by atoms with van der Waals surface area (Å²) in [7, 11) is 2.15. The van der Waals surface area contributed by atoms with E-state index in [-0.39, 0.29) is 0 Å². The van der Waals surface area contributed by atoms with Crippen LogP contribution in [0.25, 0.3) is 10.6 Å². The first-order valence-electron chi connectivity index (χ1n) is 7.58. The highest BCUT2D eigenvalue weighted by atomic mass is 32.1. The van der Waals surface area contributed by atoms with Crippen LogP contribution in [-0.4, -0.2) is 36.1 Å². The van der Waals surface area contributed by atoms with Crippen LogP contribution in [0.5, 0.6) is 0 Å². The van der Waals surface area contributed by atoms with Gasteiger partial charge in [-0.15, -0.1) is 11.3 Å². The Morgan fingerprint density at radius 2 is 2.23 bits per heavy atom. The van der Waals surface area contributed by atoms with Gasteiger partial charge in [0.2, 0.25) is 0 Å². The molecule has 4 nitrogen and oxygen atoms in total. The van der Waals surface area contributed by atoms with E-state index in [0.717, 1.165) is 29.6 Å². The summed E-state index contributed by atoms with van der Waals surface area (Å²) in [6.45, 7) is 6.99. The SMILES string of the molecule is C=C(NCc1csc(-c2ccccc2)n1)NC1CCN(C)C1. The highest BCUT2D eigenvalue weighted by molar-refractivity contribution is 7.13. The summed E-state index contributed by atoms with van der Waals surface area (Å²) < 4.78 is 0. The van der Waals surface area contributed by atoms with Gasteiger partial charge in [-0.2, -0.15) is 0 Å². The molecule has 3 rings (SSSR count). The van der Waals surface area contributed by atoms with Crippen LogP contribution >= 0.6 is 11.3 Å². The minimum Gasteiger partial charge on any atom is -0.368 e. The van der Waals surface area contributed by atoms with Gasteiger partial charge in [-0.25, -0.2) is 4.98 Å². The van der Waals surface area contributed by atoms with Crippen molar-refractivity contribution in [3.8, 4) is 10.6 Å². The maximum absolute atomic E-state index is 4.68. The lowest BCUT2D eigenvalue weighted by Gasteiger charge is -2.17. The van der Waals surface area contributed by atoms with Crippen molar-refractivity contribution >= 4 is 11.3 Å². The molecule has 2 aromatic rings. The van der Waals surface area contributed by atoms with E-state index in [0.29, 0.717) is 12.6 Å². The lowest BCUT2D eigenvalue weighted by molar-refractivity contribution is 0.402. The number of nitrogens with zero attached hydrogens (tertiary/aromatic N) is 2. The average Bonchev–Trinajstić information content (AvgIpc) is 3.15. The van der Waals surface area contributed by atoms with Crippen molar-refractivity contribution in [1.29, 1.82) is 0 Å². The molecule has 0 spiro atoms. The molecule has 1 aromatic carbocycles. The second-order valence-electron chi connectivity index (χ2n) is 5.73. The summed E-state index contributed by atoms with van der Waals surface area (Å²) in [5.41, 5.74) is 2.22. The third-order valence-electron chi connectivity index (χ3n) is 3.83. The molecule has 0 saturated carbocycles. The topological polar surface area (TPSA) is 40.2 Å². The first-order valence-corrected chi connectivity index (χ1v) is 8.46.